The van der Waals surface area contributed by atoms with Gasteiger partial charge in [0.05, 0.1) is 17.5 Å². The molecule has 1 amide bonds. The number of aryl methyl sites for hydroxylation is 1. The highest BCUT2D eigenvalue weighted by molar-refractivity contribution is 7.99. The van der Waals surface area contributed by atoms with Crippen LogP contribution >= 0.6 is 11.8 Å². The smallest absolute Gasteiger partial charge is 0.230 e. The number of nitrogens with one attached hydrogen (secondary N) is 1. The molecule has 6 nitrogen and oxygen atoms in total. The Kier molecular flexibility index (Phi) is 6.59. The molecule has 5 aromatic rings. The van der Waals surface area contributed by atoms with E-state index in [-0.39, 0.29) is 17.7 Å². The zero-order valence-corrected chi connectivity index (χ0v) is 20.4. The summed E-state index contributed by atoms with van der Waals surface area (Å²) in [6.07, 6.45) is 3.50. The third kappa shape index (κ3) is 4.95. The molecule has 1 atom stereocenters. The van der Waals surface area contributed by atoms with Gasteiger partial charge in [0.25, 0.3) is 0 Å². The van der Waals surface area contributed by atoms with Crippen LogP contribution in [0.1, 0.15) is 24.1 Å². The van der Waals surface area contributed by atoms with Crippen molar-refractivity contribution in [1.82, 2.24) is 25.1 Å². The largest absolute Gasteiger partial charge is 0.349 e. The quantitative estimate of drug-likeness (QED) is 0.301. The summed E-state index contributed by atoms with van der Waals surface area (Å²) in [7, 11) is 0. The van der Waals surface area contributed by atoms with Gasteiger partial charge in [-0.1, -0.05) is 66.4 Å². The molecule has 2 heterocycles. The number of benzene rings is 3. The molecule has 0 aliphatic heterocycles. The van der Waals surface area contributed by atoms with Crippen LogP contribution in [0.3, 0.4) is 0 Å². The van der Waals surface area contributed by atoms with Crippen molar-refractivity contribution in [1.29, 1.82) is 0 Å². The molecule has 2 aromatic heterocycles. The van der Waals surface area contributed by atoms with Crippen LogP contribution < -0.4 is 5.32 Å². The molecule has 5 rings (SSSR count). The summed E-state index contributed by atoms with van der Waals surface area (Å²) in [5.74, 6) is 0.868. The Morgan fingerprint density at radius 1 is 0.971 bits per heavy atom. The molecule has 0 aliphatic carbocycles. The van der Waals surface area contributed by atoms with E-state index in [0.29, 0.717) is 11.0 Å². The van der Waals surface area contributed by atoms with E-state index in [2.05, 4.69) is 63.8 Å². The Labute approximate surface area is 208 Å². The molecule has 0 aliphatic rings. The first-order valence-corrected chi connectivity index (χ1v) is 12.4. The number of para-hydroxylation sites is 1. The highest BCUT2D eigenvalue weighted by Gasteiger charge is 2.19. The lowest BCUT2D eigenvalue weighted by atomic mass is 10.0. The number of pyridine rings is 1. The molecule has 1 unspecified atom stereocenters. The van der Waals surface area contributed by atoms with Crippen LogP contribution in [0, 0.1) is 6.92 Å². The fourth-order valence-corrected chi connectivity index (χ4v) is 4.81. The molecule has 0 saturated carbocycles. The molecule has 0 bridgehead atoms. The molecule has 0 saturated heterocycles. The molecule has 0 spiro atoms. The molecule has 174 valence electrons. The number of hydrogen-bond acceptors (Lipinski definition) is 5. The van der Waals surface area contributed by atoms with Crippen LogP contribution in [0.2, 0.25) is 0 Å². The Morgan fingerprint density at radius 3 is 2.57 bits per heavy atom. The Bertz CT molecular complexity index is 1480. The summed E-state index contributed by atoms with van der Waals surface area (Å²) < 4.78 is 2.00. The number of nitrogens with zero attached hydrogens (tertiary/aromatic N) is 4. The molecule has 35 heavy (non-hydrogen) atoms. The lowest BCUT2D eigenvalue weighted by molar-refractivity contribution is -0.119. The third-order valence-corrected chi connectivity index (χ3v) is 6.82. The van der Waals surface area contributed by atoms with Gasteiger partial charge >= 0.3 is 0 Å². The highest BCUT2D eigenvalue weighted by Crippen LogP contribution is 2.29. The van der Waals surface area contributed by atoms with Gasteiger partial charge in [0, 0.05) is 18.0 Å². The van der Waals surface area contributed by atoms with Crippen molar-refractivity contribution in [2.45, 2.75) is 25.0 Å². The zero-order valence-electron chi connectivity index (χ0n) is 19.6. The second-order valence-corrected chi connectivity index (χ2v) is 9.30. The van der Waals surface area contributed by atoms with Crippen molar-refractivity contribution in [3.8, 4) is 17.1 Å². The first kappa shape index (κ1) is 22.8. The summed E-state index contributed by atoms with van der Waals surface area (Å²) in [5.41, 5.74) is 4.01. The number of fused-ring (bicyclic) bond motifs is 1. The zero-order chi connectivity index (χ0) is 24.2. The maximum absolute atomic E-state index is 12.9. The predicted octanol–water partition coefficient (Wildman–Crippen LogP) is 5.76. The van der Waals surface area contributed by atoms with Gasteiger partial charge in [0.1, 0.15) is 0 Å². The third-order valence-electron chi connectivity index (χ3n) is 5.89. The maximum atomic E-state index is 12.9. The van der Waals surface area contributed by atoms with E-state index >= 15 is 0 Å². The number of amides is 1. The first-order valence-electron chi connectivity index (χ1n) is 11.4. The molecule has 1 N–H and O–H groups in total. The number of rotatable bonds is 7. The van der Waals surface area contributed by atoms with Crippen LogP contribution in [0.5, 0.6) is 0 Å². The molecular formula is C28H25N5OS. The minimum atomic E-state index is -0.104. The number of hydrogen-bond donors (Lipinski definition) is 1. The summed E-state index contributed by atoms with van der Waals surface area (Å²) >= 11 is 1.37. The molecular weight excluding hydrogens is 454 g/mol. The average Bonchev–Trinajstić information content (AvgIpc) is 3.31. The van der Waals surface area contributed by atoms with E-state index in [4.69, 9.17) is 0 Å². The van der Waals surface area contributed by atoms with Gasteiger partial charge in [0.2, 0.25) is 5.91 Å². The van der Waals surface area contributed by atoms with Crippen molar-refractivity contribution in [3.05, 3.63) is 102 Å². The Morgan fingerprint density at radius 2 is 1.77 bits per heavy atom. The average molecular weight is 480 g/mol. The minimum absolute atomic E-state index is 0.0575. The van der Waals surface area contributed by atoms with Crippen LogP contribution in [0.4, 0.5) is 0 Å². The normalized spacial score (nSPS) is 11.9. The van der Waals surface area contributed by atoms with Gasteiger partial charge in [-0.25, -0.2) is 0 Å². The van der Waals surface area contributed by atoms with Crippen molar-refractivity contribution in [2.75, 3.05) is 5.75 Å². The maximum Gasteiger partial charge on any atom is 0.230 e. The fraction of sp³-hybridized carbons (Fsp3) is 0.143. The van der Waals surface area contributed by atoms with Crippen molar-refractivity contribution in [2.24, 2.45) is 0 Å². The molecule has 0 radical (unpaired) electrons. The van der Waals surface area contributed by atoms with E-state index in [1.165, 1.54) is 17.1 Å². The molecule has 3 aromatic carbocycles. The first-order chi connectivity index (χ1) is 17.1. The highest BCUT2D eigenvalue weighted by atomic mass is 32.2. The van der Waals surface area contributed by atoms with Crippen molar-refractivity contribution >= 4 is 28.4 Å². The van der Waals surface area contributed by atoms with Crippen LogP contribution in [0.15, 0.2) is 96.4 Å². The molecule has 7 heteroatoms. The number of carbonyl (C=O) groups excluding carboxylic acids is 1. The lowest BCUT2D eigenvalue weighted by Gasteiger charge is -2.16. The van der Waals surface area contributed by atoms with Crippen LogP contribution in [-0.4, -0.2) is 31.4 Å². The van der Waals surface area contributed by atoms with E-state index < -0.39 is 0 Å². The number of thioether (sulfide) groups is 1. The van der Waals surface area contributed by atoms with E-state index in [9.17, 15) is 4.79 Å². The summed E-state index contributed by atoms with van der Waals surface area (Å²) in [6, 6.07) is 26.3. The van der Waals surface area contributed by atoms with E-state index in [1.54, 1.807) is 12.4 Å². The Hall–Kier alpha value is -3.97. The lowest BCUT2D eigenvalue weighted by Crippen LogP contribution is -2.28. The van der Waals surface area contributed by atoms with Gasteiger partial charge in [-0.15, -0.1) is 10.2 Å². The molecule has 0 fully saturated rings. The van der Waals surface area contributed by atoms with Gasteiger partial charge in [-0.3, -0.25) is 14.3 Å². The Balaban J connectivity index is 1.35. The second kappa shape index (κ2) is 10.1. The summed E-state index contributed by atoms with van der Waals surface area (Å²) in [6.45, 7) is 4.05. The second-order valence-electron chi connectivity index (χ2n) is 8.35. The SMILES string of the molecule is Cc1ccccc1-n1c(SCC(=O)NC(C)c2ccc3ccccc3c2)nnc1-c1cccnc1. The van der Waals surface area contributed by atoms with Gasteiger partial charge in [-0.05, 0) is 60.0 Å². The van der Waals surface area contributed by atoms with Crippen LogP contribution in [-0.2, 0) is 4.79 Å². The van der Waals surface area contributed by atoms with Crippen molar-refractivity contribution in [3.63, 3.8) is 0 Å². The van der Waals surface area contributed by atoms with Gasteiger partial charge < -0.3 is 5.32 Å². The monoisotopic (exact) mass is 479 g/mol. The fourth-order valence-electron chi connectivity index (χ4n) is 4.05. The predicted molar refractivity (Wildman–Crippen MR) is 141 cm³/mol. The van der Waals surface area contributed by atoms with Gasteiger partial charge in [0.15, 0.2) is 11.0 Å². The number of carbonyl (C=O) groups is 1. The standard InChI is InChI=1S/C28H25N5OS/c1-19-8-3-6-12-25(19)33-27(24-11-7-15-29-17-24)31-32-28(33)35-18-26(34)30-20(2)22-14-13-21-9-4-5-10-23(21)16-22/h3-17,20H,18H2,1-2H3,(H,30,34). The minimum Gasteiger partial charge on any atom is -0.349 e. The summed E-state index contributed by atoms with van der Waals surface area (Å²) in [5, 5.41) is 15.0. The van der Waals surface area contributed by atoms with E-state index in [1.807, 2.05) is 54.0 Å². The van der Waals surface area contributed by atoms with Crippen molar-refractivity contribution < 1.29 is 4.79 Å². The van der Waals surface area contributed by atoms with Crippen LogP contribution in [0.25, 0.3) is 27.8 Å². The van der Waals surface area contributed by atoms with Gasteiger partial charge in [-0.2, -0.15) is 0 Å². The van der Waals surface area contributed by atoms with E-state index in [0.717, 1.165) is 27.8 Å². The topological polar surface area (TPSA) is 72.7 Å². The summed E-state index contributed by atoms with van der Waals surface area (Å²) in [4.78, 5) is 17.1. The number of aromatic nitrogens is 4.